The van der Waals surface area contributed by atoms with E-state index in [4.69, 9.17) is 16.0 Å². The molecule has 1 aliphatic heterocycles. The van der Waals surface area contributed by atoms with Gasteiger partial charge in [0.25, 0.3) is 11.7 Å². The molecular weight excluding hydrogens is 368 g/mol. The molecule has 0 spiro atoms. The van der Waals surface area contributed by atoms with Crippen LogP contribution < -0.4 is 4.90 Å². The maximum absolute atomic E-state index is 12.7. The second-order valence-corrected chi connectivity index (χ2v) is 7.25. The highest BCUT2D eigenvalue weighted by Gasteiger charge is 2.30. The number of furan rings is 1. The van der Waals surface area contributed by atoms with Crippen molar-refractivity contribution in [2.24, 2.45) is 0 Å². The molecule has 4 rings (SSSR count). The number of amides is 1. The zero-order valence-electron chi connectivity index (χ0n) is 15.5. The first-order valence-electron chi connectivity index (χ1n) is 8.90. The molecule has 9 heteroatoms. The zero-order chi connectivity index (χ0) is 19.1. The number of nitrogens with zero attached hydrogens (tertiary/aromatic N) is 6. The van der Waals surface area contributed by atoms with E-state index in [-0.39, 0.29) is 22.9 Å². The normalized spacial score (nSPS) is 17.5. The minimum atomic E-state index is -0.131. The highest BCUT2D eigenvalue weighted by molar-refractivity contribution is 6.29. The van der Waals surface area contributed by atoms with Gasteiger partial charge in [0.05, 0.1) is 0 Å². The van der Waals surface area contributed by atoms with E-state index in [1.165, 1.54) is 6.33 Å². The zero-order valence-corrected chi connectivity index (χ0v) is 16.3. The molecule has 1 aliphatic rings. The minimum Gasteiger partial charge on any atom is -0.440 e. The predicted molar refractivity (Wildman–Crippen MR) is 101 cm³/mol. The van der Waals surface area contributed by atoms with E-state index in [1.54, 1.807) is 16.6 Å². The number of likely N-dealkylation sites (tertiary alicyclic amines) is 1. The number of halogens is 1. The Morgan fingerprint density at radius 1 is 1.37 bits per heavy atom. The van der Waals surface area contributed by atoms with E-state index in [9.17, 15) is 4.79 Å². The number of hydrogen-bond acceptors (Lipinski definition) is 6. The molecule has 4 heterocycles. The van der Waals surface area contributed by atoms with Crippen molar-refractivity contribution in [3.05, 3.63) is 40.7 Å². The van der Waals surface area contributed by atoms with E-state index >= 15 is 0 Å². The Hall–Kier alpha value is -2.61. The number of rotatable bonds is 3. The molecule has 27 heavy (non-hydrogen) atoms. The Bertz CT molecular complexity index is 997. The number of piperidine rings is 1. The van der Waals surface area contributed by atoms with Crippen LogP contribution in [0.4, 0.5) is 5.82 Å². The predicted octanol–water partition coefficient (Wildman–Crippen LogP) is 2.73. The maximum atomic E-state index is 12.7. The van der Waals surface area contributed by atoms with Crippen LogP contribution in [0.2, 0.25) is 5.22 Å². The second kappa shape index (κ2) is 6.84. The molecule has 8 nitrogen and oxygen atoms in total. The van der Waals surface area contributed by atoms with Gasteiger partial charge in [0.15, 0.2) is 11.0 Å². The summed E-state index contributed by atoms with van der Waals surface area (Å²) in [5.74, 6) is 1.68. The molecule has 0 aromatic carbocycles. The Kier molecular flexibility index (Phi) is 4.51. The van der Waals surface area contributed by atoms with Crippen LogP contribution >= 0.6 is 11.6 Å². The lowest BCUT2D eigenvalue weighted by atomic mass is 10.0. The fourth-order valence-electron chi connectivity index (χ4n) is 3.64. The van der Waals surface area contributed by atoms with Crippen molar-refractivity contribution in [2.45, 2.75) is 32.7 Å². The monoisotopic (exact) mass is 388 g/mol. The Morgan fingerprint density at radius 2 is 2.19 bits per heavy atom. The van der Waals surface area contributed by atoms with Crippen molar-refractivity contribution in [1.29, 1.82) is 0 Å². The van der Waals surface area contributed by atoms with Crippen LogP contribution in [0.15, 0.2) is 22.9 Å². The number of aryl methyl sites for hydroxylation is 1. The highest BCUT2D eigenvalue weighted by Crippen LogP contribution is 2.27. The SMILES string of the molecule is Cc1nc2ncnn2c(N(C)C2CCCN(C(=O)c3ccc(Cl)o3)C2)c1C. The van der Waals surface area contributed by atoms with E-state index in [0.29, 0.717) is 18.9 Å². The summed E-state index contributed by atoms with van der Waals surface area (Å²) >= 11 is 5.81. The smallest absolute Gasteiger partial charge is 0.289 e. The lowest BCUT2D eigenvalue weighted by Gasteiger charge is -2.38. The Balaban J connectivity index is 1.61. The van der Waals surface area contributed by atoms with Crippen molar-refractivity contribution in [3.8, 4) is 0 Å². The third-order valence-electron chi connectivity index (χ3n) is 5.23. The van der Waals surface area contributed by atoms with Gasteiger partial charge < -0.3 is 14.2 Å². The van der Waals surface area contributed by atoms with Gasteiger partial charge in [-0.05, 0) is 50.4 Å². The number of anilines is 1. The summed E-state index contributed by atoms with van der Waals surface area (Å²) in [6.45, 7) is 5.31. The van der Waals surface area contributed by atoms with E-state index in [1.807, 2.05) is 25.8 Å². The van der Waals surface area contributed by atoms with E-state index < -0.39 is 0 Å². The molecule has 3 aromatic rings. The van der Waals surface area contributed by atoms with Gasteiger partial charge >= 0.3 is 0 Å². The van der Waals surface area contributed by atoms with Gasteiger partial charge in [0, 0.05) is 37.4 Å². The topological polar surface area (TPSA) is 79.8 Å². The van der Waals surface area contributed by atoms with Crippen LogP contribution in [-0.2, 0) is 0 Å². The lowest BCUT2D eigenvalue weighted by molar-refractivity contribution is 0.0675. The number of fused-ring (bicyclic) bond motifs is 1. The van der Waals surface area contributed by atoms with Crippen molar-refractivity contribution >= 4 is 29.1 Å². The first-order chi connectivity index (χ1) is 13.0. The number of aromatic nitrogens is 4. The number of carbonyl (C=O) groups is 1. The average molecular weight is 389 g/mol. The Labute approximate surface area is 161 Å². The summed E-state index contributed by atoms with van der Waals surface area (Å²) in [5, 5.41) is 4.55. The van der Waals surface area contributed by atoms with Crippen molar-refractivity contribution < 1.29 is 9.21 Å². The molecule has 142 valence electrons. The quantitative estimate of drug-likeness (QED) is 0.686. The molecule has 1 atom stereocenters. The first-order valence-corrected chi connectivity index (χ1v) is 9.28. The van der Waals surface area contributed by atoms with Gasteiger partial charge in [0.2, 0.25) is 0 Å². The van der Waals surface area contributed by atoms with Gasteiger partial charge in [-0.15, -0.1) is 0 Å². The number of carbonyl (C=O) groups excluding carboxylic acids is 1. The largest absolute Gasteiger partial charge is 0.440 e. The van der Waals surface area contributed by atoms with Crippen molar-refractivity contribution in [1.82, 2.24) is 24.5 Å². The summed E-state index contributed by atoms with van der Waals surface area (Å²) in [6, 6.07) is 3.36. The van der Waals surface area contributed by atoms with Gasteiger partial charge in [-0.25, -0.2) is 4.98 Å². The van der Waals surface area contributed by atoms with Crippen LogP contribution in [0.1, 0.15) is 34.7 Å². The van der Waals surface area contributed by atoms with E-state index in [0.717, 1.165) is 29.9 Å². The third kappa shape index (κ3) is 3.14. The van der Waals surface area contributed by atoms with Gasteiger partial charge in [-0.2, -0.15) is 14.6 Å². The fraction of sp³-hybridized carbons (Fsp3) is 0.444. The molecule has 1 fully saturated rings. The standard InChI is InChI=1S/C18H21ClN6O2/c1-11-12(2)22-18-20-10-21-25(18)16(11)23(3)13-5-4-8-24(9-13)17(26)14-6-7-15(19)27-14/h6-7,10,13H,4-5,8-9H2,1-3H3. The number of likely N-dealkylation sites (N-methyl/N-ethyl adjacent to an activating group) is 1. The van der Waals surface area contributed by atoms with Gasteiger partial charge in [-0.3, -0.25) is 4.79 Å². The minimum absolute atomic E-state index is 0.131. The summed E-state index contributed by atoms with van der Waals surface area (Å²) in [4.78, 5) is 25.4. The fourth-order valence-corrected chi connectivity index (χ4v) is 3.79. The summed E-state index contributed by atoms with van der Waals surface area (Å²) in [7, 11) is 2.03. The molecule has 0 aliphatic carbocycles. The van der Waals surface area contributed by atoms with Crippen LogP contribution in [0.25, 0.3) is 5.78 Å². The average Bonchev–Trinajstić information content (AvgIpc) is 3.30. The molecule has 1 saturated heterocycles. The van der Waals surface area contributed by atoms with Crippen molar-refractivity contribution in [2.75, 3.05) is 25.0 Å². The number of hydrogen-bond donors (Lipinski definition) is 0. The maximum Gasteiger partial charge on any atom is 0.289 e. The summed E-state index contributed by atoms with van der Waals surface area (Å²) in [5.41, 5.74) is 1.98. The molecule has 0 bridgehead atoms. The van der Waals surface area contributed by atoms with Gasteiger partial charge in [-0.1, -0.05) is 0 Å². The molecular formula is C18H21ClN6O2. The highest BCUT2D eigenvalue weighted by atomic mass is 35.5. The summed E-state index contributed by atoms with van der Waals surface area (Å²) < 4.78 is 7.05. The van der Waals surface area contributed by atoms with Crippen LogP contribution in [0.3, 0.4) is 0 Å². The molecule has 0 saturated carbocycles. The molecule has 1 amide bonds. The van der Waals surface area contributed by atoms with Crippen LogP contribution in [-0.4, -0.2) is 56.6 Å². The molecule has 1 unspecified atom stereocenters. The molecule has 0 radical (unpaired) electrons. The summed E-state index contributed by atoms with van der Waals surface area (Å²) in [6.07, 6.45) is 3.41. The molecule has 3 aromatic heterocycles. The van der Waals surface area contributed by atoms with Crippen LogP contribution in [0, 0.1) is 13.8 Å². The third-order valence-corrected chi connectivity index (χ3v) is 5.43. The van der Waals surface area contributed by atoms with Crippen LogP contribution in [0.5, 0.6) is 0 Å². The van der Waals surface area contributed by atoms with Gasteiger partial charge in [0.1, 0.15) is 12.1 Å². The van der Waals surface area contributed by atoms with E-state index in [2.05, 4.69) is 20.0 Å². The Morgan fingerprint density at radius 3 is 2.93 bits per heavy atom. The first kappa shape index (κ1) is 17.8. The second-order valence-electron chi connectivity index (χ2n) is 6.88. The lowest BCUT2D eigenvalue weighted by Crippen LogP contribution is -2.49. The molecule has 0 N–H and O–H groups in total. The van der Waals surface area contributed by atoms with Crippen molar-refractivity contribution in [3.63, 3.8) is 0 Å².